The highest BCUT2D eigenvalue weighted by Crippen LogP contribution is 2.30. The van der Waals surface area contributed by atoms with E-state index in [1.807, 2.05) is 0 Å². The molecule has 2 N–H and O–H groups in total. The Morgan fingerprint density at radius 2 is 1.53 bits per heavy atom. The maximum Gasteiger partial charge on any atom is 0.416 e. The lowest BCUT2D eigenvalue weighted by Crippen LogP contribution is -2.17. The second-order valence-electron chi connectivity index (χ2n) is 6.72. The van der Waals surface area contributed by atoms with Crippen LogP contribution in [0.5, 0.6) is 0 Å². The van der Waals surface area contributed by atoms with Gasteiger partial charge in [-0.25, -0.2) is 0 Å². The summed E-state index contributed by atoms with van der Waals surface area (Å²) < 4.78 is 38.5. The van der Waals surface area contributed by atoms with Gasteiger partial charge in [-0.15, -0.1) is 0 Å². The molecule has 0 aromatic heterocycles. The molecule has 0 saturated heterocycles. The Morgan fingerprint density at radius 3 is 2.22 bits per heavy atom. The number of rotatable bonds is 6. The zero-order valence-electron chi connectivity index (χ0n) is 16.3. The first-order chi connectivity index (χ1) is 15.1. The number of para-hydroxylation sites is 1. The largest absolute Gasteiger partial charge is 0.416 e. The number of halogens is 3. The maximum absolute atomic E-state index is 12.8. The minimum atomic E-state index is -4.54. The summed E-state index contributed by atoms with van der Waals surface area (Å²) >= 11 is 0. The van der Waals surface area contributed by atoms with Crippen LogP contribution in [0.1, 0.15) is 21.5 Å². The van der Waals surface area contributed by atoms with Crippen molar-refractivity contribution in [2.24, 2.45) is 0 Å². The monoisotopic (exact) mass is 443 g/mol. The molecule has 2 amide bonds. The number of nitrogens with one attached hydrogen (secondary N) is 2. The van der Waals surface area contributed by atoms with Crippen molar-refractivity contribution < 1.29 is 27.7 Å². The number of hydrogen-bond donors (Lipinski definition) is 2. The summed E-state index contributed by atoms with van der Waals surface area (Å²) in [5.41, 5.74) is -0.525. The molecule has 0 fully saturated rings. The number of hydrogen-bond acceptors (Lipinski definition) is 4. The molecule has 10 heteroatoms. The smallest absolute Gasteiger partial charge is 0.326 e. The van der Waals surface area contributed by atoms with Gasteiger partial charge in [-0.3, -0.25) is 19.7 Å². The molecule has 0 aliphatic heterocycles. The molecule has 3 rings (SSSR count). The molecule has 0 saturated carbocycles. The molecule has 0 radical (unpaired) electrons. The Kier molecular flexibility index (Phi) is 6.53. The van der Waals surface area contributed by atoms with E-state index in [-0.39, 0.29) is 34.6 Å². The second kappa shape index (κ2) is 9.29. The third kappa shape index (κ3) is 5.69. The van der Waals surface area contributed by atoms with Gasteiger partial charge in [0.2, 0.25) is 5.91 Å². The number of alkyl halides is 3. The van der Waals surface area contributed by atoms with E-state index in [1.165, 1.54) is 54.6 Å². The number of nitro groups is 1. The number of carbonyl (C=O) groups is 2. The Morgan fingerprint density at radius 1 is 0.875 bits per heavy atom. The first kappa shape index (κ1) is 22.5. The maximum atomic E-state index is 12.8. The summed E-state index contributed by atoms with van der Waals surface area (Å²) in [7, 11) is 0. The van der Waals surface area contributed by atoms with Crippen molar-refractivity contribution in [3.8, 4) is 0 Å². The van der Waals surface area contributed by atoms with Crippen molar-refractivity contribution in [1.29, 1.82) is 0 Å². The van der Waals surface area contributed by atoms with Crippen LogP contribution in [-0.2, 0) is 17.4 Å². The molecule has 0 heterocycles. The van der Waals surface area contributed by atoms with E-state index < -0.39 is 28.5 Å². The number of amides is 2. The van der Waals surface area contributed by atoms with Crippen LogP contribution >= 0.6 is 0 Å². The lowest BCUT2D eigenvalue weighted by atomic mass is 10.1. The number of anilines is 2. The van der Waals surface area contributed by atoms with E-state index in [9.17, 15) is 32.9 Å². The Bertz CT molecular complexity index is 1180. The topological polar surface area (TPSA) is 101 Å². The lowest BCUT2D eigenvalue weighted by molar-refractivity contribution is -0.385. The van der Waals surface area contributed by atoms with Crippen LogP contribution in [-0.4, -0.2) is 16.7 Å². The van der Waals surface area contributed by atoms with Gasteiger partial charge >= 0.3 is 6.18 Å². The molecule has 0 aliphatic rings. The fraction of sp³-hybridized carbons (Fsp3) is 0.0909. The highest BCUT2D eigenvalue weighted by molar-refractivity contribution is 6.05. The van der Waals surface area contributed by atoms with E-state index in [0.717, 1.165) is 12.1 Å². The van der Waals surface area contributed by atoms with Crippen LogP contribution in [0.15, 0.2) is 72.8 Å². The Labute approximate surface area is 180 Å². The SMILES string of the molecule is O=C(Cc1ccccc1[N+](=O)[O-])Nc1cccc(C(=O)Nc2cccc(C(F)(F)F)c2)c1. The van der Waals surface area contributed by atoms with Crippen molar-refractivity contribution in [3.63, 3.8) is 0 Å². The first-order valence-electron chi connectivity index (χ1n) is 9.24. The Balaban J connectivity index is 1.70. The lowest BCUT2D eigenvalue weighted by Gasteiger charge is -2.11. The predicted octanol–water partition coefficient (Wildman–Crippen LogP) is 5.05. The van der Waals surface area contributed by atoms with Crippen LogP contribution in [0.25, 0.3) is 0 Å². The van der Waals surface area contributed by atoms with Gasteiger partial charge in [0.1, 0.15) is 0 Å². The van der Waals surface area contributed by atoms with Gasteiger partial charge in [0.25, 0.3) is 11.6 Å². The van der Waals surface area contributed by atoms with Crippen molar-refractivity contribution >= 4 is 28.9 Å². The van der Waals surface area contributed by atoms with Crippen molar-refractivity contribution in [3.05, 3.63) is 99.6 Å². The van der Waals surface area contributed by atoms with Crippen molar-refractivity contribution in [1.82, 2.24) is 0 Å². The average Bonchev–Trinajstić information content (AvgIpc) is 2.73. The summed E-state index contributed by atoms with van der Waals surface area (Å²) in [6.45, 7) is 0. The van der Waals surface area contributed by atoms with E-state index in [4.69, 9.17) is 0 Å². The van der Waals surface area contributed by atoms with Gasteiger partial charge in [0.15, 0.2) is 0 Å². The molecule has 0 bridgehead atoms. The van der Waals surface area contributed by atoms with Crippen LogP contribution in [0.3, 0.4) is 0 Å². The molecular weight excluding hydrogens is 427 g/mol. The predicted molar refractivity (Wildman–Crippen MR) is 111 cm³/mol. The van der Waals surface area contributed by atoms with Gasteiger partial charge in [0, 0.05) is 28.6 Å². The minimum Gasteiger partial charge on any atom is -0.326 e. The molecule has 0 aliphatic carbocycles. The minimum absolute atomic E-state index is 0.0318. The summed E-state index contributed by atoms with van der Waals surface area (Å²) in [6.07, 6.45) is -4.80. The molecule has 32 heavy (non-hydrogen) atoms. The standard InChI is InChI=1S/C22H16F3N3O4/c23-22(24,25)16-7-4-9-18(13-16)27-21(30)15-6-3-8-17(11-15)26-20(29)12-14-5-1-2-10-19(14)28(31)32/h1-11,13H,12H2,(H,26,29)(H,27,30). The summed E-state index contributed by atoms with van der Waals surface area (Å²) in [5.74, 6) is -1.20. The number of nitro benzene ring substituents is 1. The number of nitrogens with zero attached hydrogens (tertiary/aromatic N) is 1. The molecule has 164 valence electrons. The van der Waals surface area contributed by atoms with Crippen molar-refractivity contribution in [2.45, 2.75) is 12.6 Å². The summed E-state index contributed by atoms with van der Waals surface area (Å²) in [6, 6.07) is 15.8. The van der Waals surface area contributed by atoms with Gasteiger partial charge in [-0.2, -0.15) is 13.2 Å². The van der Waals surface area contributed by atoms with Gasteiger partial charge in [-0.05, 0) is 36.4 Å². The quantitative estimate of drug-likeness (QED) is 0.411. The molecule has 0 unspecified atom stereocenters. The number of carbonyl (C=O) groups excluding carboxylic acids is 2. The second-order valence-corrected chi connectivity index (χ2v) is 6.72. The van der Waals surface area contributed by atoms with Gasteiger partial charge < -0.3 is 10.6 Å². The molecule has 0 spiro atoms. The van der Waals surface area contributed by atoms with E-state index in [0.29, 0.717) is 0 Å². The van der Waals surface area contributed by atoms with Crippen LogP contribution < -0.4 is 10.6 Å². The highest BCUT2D eigenvalue weighted by Gasteiger charge is 2.30. The van der Waals surface area contributed by atoms with Crippen LogP contribution in [0, 0.1) is 10.1 Å². The van der Waals surface area contributed by atoms with Crippen LogP contribution in [0.4, 0.5) is 30.2 Å². The first-order valence-corrected chi connectivity index (χ1v) is 9.24. The molecular formula is C22H16F3N3O4. The van der Waals surface area contributed by atoms with Gasteiger partial charge in [-0.1, -0.05) is 30.3 Å². The molecule has 7 nitrogen and oxygen atoms in total. The highest BCUT2D eigenvalue weighted by atomic mass is 19.4. The van der Waals surface area contributed by atoms with Gasteiger partial charge in [0.05, 0.1) is 16.9 Å². The average molecular weight is 443 g/mol. The summed E-state index contributed by atoms with van der Waals surface area (Å²) in [5, 5.41) is 16.0. The molecule has 0 atom stereocenters. The Hall–Kier alpha value is -4.21. The molecule has 3 aromatic carbocycles. The third-order valence-electron chi connectivity index (χ3n) is 4.40. The zero-order chi connectivity index (χ0) is 23.3. The fourth-order valence-corrected chi connectivity index (χ4v) is 2.93. The third-order valence-corrected chi connectivity index (χ3v) is 4.40. The van der Waals surface area contributed by atoms with E-state index in [1.54, 1.807) is 6.07 Å². The fourth-order valence-electron chi connectivity index (χ4n) is 2.93. The van der Waals surface area contributed by atoms with Crippen molar-refractivity contribution in [2.75, 3.05) is 10.6 Å². The number of benzene rings is 3. The molecule has 3 aromatic rings. The normalized spacial score (nSPS) is 11.0. The van der Waals surface area contributed by atoms with E-state index in [2.05, 4.69) is 10.6 Å². The van der Waals surface area contributed by atoms with Crippen LogP contribution in [0.2, 0.25) is 0 Å². The summed E-state index contributed by atoms with van der Waals surface area (Å²) in [4.78, 5) is 35.3. The zero-order valence-corrected chi connectivity index (χ0v) is 16.3. The van der Waals surface area contributed by atoms with E-state index >= 15 is 0 Å².